The molecular weight excluding hydrogens is 399 g/mol. The number of benzene rings is 1. The van der Waals surface area contributed by atoms with E-state index in [0.717, 1.165) is 0 Å². The molecule has 1 aromatic carbocycles. The summed E-state index contributed by atoms with van der Waals surface area (Å²) in [5.74, 6) is -0.534. The lowest BCUT2D eigenvalue weighted by Gasteiger charge is -2.17. The quantitative estimate of drug-likeness (QED) is 0.691. The van der Waals surface area contributed by atoms with Gasteiger partial charge in [-0.05, 0) is 43.7 Å². The number of nitrogens with one attached hydrogen (secondary N) is 2. The topological polar surface area (TPSA) is 80.3 Å². The number of hydrogen-bond donors (Lipinski definition) is 2. The predicted octanol–water partition coefficient (Wildman–Crippen LogP) is 4.42. The Morgan fingerprint density at radius 3 is 2.47 bits per heavy atom. The molecule has 0 aliphatic heterocycles. The molecular formula is C21H24F3N3O3. The predicted molar refractivity (Wildman–Crippen MR) is 106 cm³/mol. The van der Waals surface area contributed by atoms with Crippen LogP contribution >= 0.6 is 0 Å². The molecule has 0 saturated heterocycles. The number of alkyl halides is 3. The van der Waals surface area contributed by atoms with E-state index < -0.39 is 24.7 Å². The van der Waals surface area contributed by atoms with Crippen LogP contribution in [0.25, 0.3) is 0 Å². The number of anilines is 1. The smallest absolute Gasteiger partial charge is 0.422 e. The van der Waals surface area contributed by atoms with Crippen molar-refractivity contribution < 1.29 is 27.5 Å². The number of hydrogen-bond acceptors (Lipinski definition) is 4. The first-order valence-corrected chi connectivity index (χ1v) is 9.34. The van der Waals surface area contributed by atoms with Crippen LogP contribution in [-0.2, 0) is 4.79 Å². The van der Waals surface area contributed by atoms with E-state index in [0.29, 0.717) is 16.8 Å². The van der Waals surface area contributed by atoms with Crippen molar-refractivity contribution in [2.45, 2.75) is 39.9 Å². The Bertz CT molecular complexity index is 914. The van der Waals surface area contributed by atoms with Crippen molar-refractivity contribution in [2.24, 2.45) is 5.92 Å². The zero-order chi connectivity index (χ0) is 22.5. The summed E-state index contributed by atoms with van der Waals surface area (Å²) in [7, 11) is 0. The molecule has 2 N–H and O–H groups in total. The van der Waals surface area contributed by atoms with Gasteiger partial charge in [-0.2, -0.15) is 13.2 Å². The van der Waals surface area contributed by atoms with Gasteiger partial charge in [-0.3, -0.25) is 9.59 Å². The van der Waals surface area contributed by atoms with Gasteiger partial charge in [-0.15, -0.1) is 0 Å². The number of pyridine rings is 1. The molecule has 30 heavy (non-hydrogen) atoms. The highest BCUT2D eigenvalue weighted by atomic mass is 19.4. The summed E-state index contributed by atoms with van der Waals surface area (Å²) >= 11 is 0. The number of aromatic nitrogens is 1. The number of carbonyl (C=O) groups excluding carboxylic acids is 2. The minimum Gasteiger partial charge on any atom is -0.484 e. The highest BCUT2D eigenvalue weighted by molar-refractivity contribution is 5.97. The third-order valence-corrected chi connectivity index (χ3v) is 4.10. The molecule has 0 saturated carbocycles. The lowest BCUT2D eigenvalue weighted by molar-refractivity contribution is -0.153. The van der Waals surface area contributed by atoms with Gasteiger partial charge in [0.2, 0.25) is 5.91 Å². The SMILES string of the molecule is Cc1cc(C(=O)NC(C)c2cccc(OCC(F)(F)F)c2)cc(NC(=O)C(C)C)n1. The van der Waals surface area contributed by atoms with Crippen LogP contribution in [0.4, 0.5) is 19.0 Å². The van der Waals surface area contributed by atoms with Gasteiger partial charge in [-0.1, -0.05) is 26.0 Å². The maximum Gasteiger partial charge on any atom is 0.422 e. The van der Waals surface area contributed by atoms with Gasteiger partial charge in [0.15, 0.2) is 6.61 Å². The second kappa shape index (κ2) is 9.60. The van der Waals surface area contributed by atoms with Crippen molar-refractivity contribution in [3.05, 3.63) is 53.2 Å². The first-order valence-electron chi connectivity index (χ1n) is 9.34. The van der Waals surface area contributed by atoms with E-state index in [-0.39, 0.29) is 23.4 Å². The van der Waals surface area contributed by atoms with Crippen molar-refractivity contribution in [3.63, 3.8) is 0 Å². The fourth-order valence-corrected chi connectivity index (χ4v) is 2.54. The summed E-state index contributed by atoms with van der Waals surface area (Å²) in [5, 5.41) is 5.44. The number of aryl methyl sites for hydroxylation is 1. The Labute approximate surface area is 172 Å². The molecule has 1 heterocycles. The van der Waals surface area contributed by atoms with Gasteiger partial charge >= 0.3 is 6.18 Å². The Kier molecular flexibility index (Phi) is 7.42. The largest absolute Gasteiger partial charge is 0.484 e. The molecule has 9 heteroatoms. The van der Waals surface area contributed by atoms with Gasteiger partial charge in [0.25, 0.3) is 5.91 Å². The summed E-state index contributed by atoms with van der Waals surface area (Å²) in [5.41, 5.74) is 1.44. The monoisotopic (exact) mass is 423 g/mol. The van der Waals surface area contributed by atoms with Gasteiger partial charge in [0, 0.05) is 17.2 Å². The second-order valence-corrected chi connectivity index (χ2v) is 7.20. The van der Waals surface area contributed by atoms with E-state index in [1.165, 1.54) is 18.2 Å². The summed E-state index contributed by atoms with van der Waals surface area (Å²) in [6.07, 6.45) is -4.43. The number of ether oxygens (including phenoxy) is 1. The molecule has 0 radical (unpaired) electrons. The molecule has 1 atom stereocenters. The molecule has 1 unspecified atom stereocenters. The Hall–Kier alpha value is -3.10. The summed E-state index contributed by atoms with van der Waals surface area (Å²) in [6.45, 7) is 5.50. The highest BCUT2D eigenvalue weighted by Gasteiger charge is 2.28. The molecule has 0 bridgehead atoms. The molecule has 2 aromatic rings. The molecule has 6 nitrogen and oxygen atoms in total. The zero-order valence-electron chi connectivity index (χ0n) is 17.1. The van der Waals surface area contributed by atoms with E-state index in [2.05, 4.69) is 15.6 Å². The third kappa shape index (κ3) is 7.06. The molecule has 0 aliphatic carbocycles. The average Bonchev–Trinajstić information content (AvgIpc) is 2.65. The maximum absolute atomic E-state index is 12.7. The number of amides is 2. The Balaban J connectivity index is 2.10. The minimum atomic E-state index is -4.43. The summed E-state index contributed by atoms with van der Waals surface area (Å²) in [6, 6.07) is 8.66. The molecule has 162 valence electrons. The van der Waals surface area contributed by atoms with Crippen LogP contribution in [0.15, 0.2) is 36.4 Å². The van der Waals surface area contributed by atoms with Crippen LogP contribution < -0.4 is 15.4 Å². The van der Waals surface area contributed by atoms with Crippen molar-refractivity contribution in [2.75, 3.05) is 11.9 Å². The highest BCUT2D eigenvalue weighted by Crippen LogP contribution is 2.22. The van der Waals surface area contributed by atoms with Crippen LogP contribution in [0.3, 0.4) is 0 Å². The molecule has 0 fully saturated rings. The standard InChI is InChI=1S/C21H24F3N3O3/c1-12(2)19(28)27-18-10-16(8-13(3)25-18)20(29)26-14(4)15-6-5-7-17(9-15)30-11-21(22,23)24/h5-10,12,14H,11H2,1-4H3,(H,26,29)(H,25,27,28). The fourth-order valence-electron chi connectivity index (χ4n) is 2.54. The van der Waals surface area contributed by atoms with Crippen molar-refractivity contribution in [1.29, 1.82) is 0 Å². The Morgan fingerprint density at radius 1 is 1.13 bits per heavy atom. The van der Waals surface area contributed by atoms with Crippen molar-refractivity contribution in [1.82, 2.24) is 10.3 Å². The van der Waals surface area contributed by atoms with Crippen LogP contribution in [0, 0.1) is 12.8 Å². The molecule has 0 aliphatic rings. The first-order chi connectivity index (χ1) is 13.9. The van der Waals surface area contributed by atoms with Crippen molar-refractivity contribution in [3.8, 4) is 5.75 Å². The van der Waals surface area contributed by atoms with E-state index in [1.807, 2.05) is 0 Å². The van der Waals surface area contributed by atoms with Crippen LogP contribution in [0.1, 0.15) is 48.4 Å². The maximum atomic E-state index is 12.7. The van der Waals surface area contributed by atoms with Crippen LogP contribution in [0.2, 0.25) is 0 Å². The normalized spacial score (nSPS) is 12.4. The van der Waals surface area contributed by atoms with Gasteiger partial charge < -0.3 is 15.4 Å². The van der Waals surface area contributed by atoms with E-state index in [1.54, 1.807) is 45.9 Å². The number of nitrogens with zero attached hydrogens (tertiary/aromatic N) is 1. The zero-order valence-corrected chi connectivity index (χ0v) is 17.1. The Morgan fingerprint density at radius 2 is 1.83 bits per heavy atom. The molecule has 1 aromatic heterocycles. The lowest BCUT2D eigenvalue weighted by Crippen LogP contribution is -2.27. The summed E-state index contributed by atoms with van der Waals surface area (Å²) < 4.78 is 41.8. The molecule has 2 amide bonds. The van der Waals surface area contributed by atoms with Crippen LogP contribution in [-0.4, -0.2) is 29.6 Å². The second-order valence-electron chi connectivity index (χ2n) is 7.20. The van der Waals surface area contributed by atoms with Gasteiger partial charge in [0.1, 0.15) is 11.6 Å². The van der Waals surface area contributed by atoms with E-state index in [4.69, 9.17) is 4.74 Å². The van der Waals surface area contributed by atoms with Gasteiger partial charge in [-0.25, -0.2) is 4.98 Å². The van der Waals surface area contributed by atoms with Crippen molar-refractivity contribution >= 4 is 17.6 Å². The summed E-state index contributed by atoms with van der Waals surface area (Å²) in [4.78, 5) is 28.8. The fraction of sp³-hybridized carbons (Fsp3) is 0.381. The molecule has 2 rings (SSSR count). The minimum absolute atomic E-state index is 0.0596. The van der Waals surface area contributed by atoms with Crippen LogP contribution in [0.5, 0.6) is 5.75 Å². The first kappa shape index (κ1) is 23.2. The average molecular weight is 423 g/mol. The number of rotatable bonds is 7. The van der Waals surface area contributed by atoms with E-state index in [9.17, 15) is 22.8 Å². The van der Waals surface area contributed by atoms with Gasteiger partial charge in [0.05, 0.1) is 6.04 Å². The number of carbonyl (C=O) groups is 2. The third-order valence-electron chi connectivity index (χ3n) is 4.10. The molecule has 0 spiro atoms. The number of halogens is 3. The lowest BCUT2D eigenvalue weighted by atomic mass is 10.1. The van der Waals surface area contributed by atoms with E-state index >= 15 is 0 Å².